The predicted octanol–water partition coefficient (Wildman–Crippen LogP) is 2.69. The molecule has 2 N–H and O–H groups in total. The lowest BCUT2D eigenvalue weighted by Crippen LogP contribution is -2.34. The highest BCUT2D eigenvalue weighted by atomic mass is 16.4. The fourth-order valence-corrected chi connectivity index (χ4v) is 1.79. The van der Waals surface area contributed by atoms with Gasteiger partial charge in [0.1, 0.15) is 0 Å². The first-order chi connectivity index (χ1) is 8.58. The van der Waals surface area contributed by atoms with Crippen molar-refractivity contribution in [1.82, 2.24) is 5.32 Å². The van der Waals surface area contributed by atoms with Crippen molar-refractivity contribution in [2.24, 2.45) is 0 Å². The average molecular weight is 249 g/mol. The van der Waals surface area contributed by atoms with Crippen LogP contribution in [0.2, 0.25) is 0 Å². The van der Waals surface area contributed by atoms with Crippen molar-refractivity contribution < 1.29 is 14.7 Å². The summed E-state index contributed by atoms with van der Waals surface area (Å²) in [5, 5.41) is 11.8. The molecule has 0 fully saturated rings. The number of aromatic carboxylic acids is 1. The summed E-state index contributed by atoms with van der Waals surface area (Å²) in [7, 11) is 0. The second-order valence-corrected chi connectivity index (χ2v) is 4.25. The Bertz CT molecular complexity index is 429. The zero-order valence-electron chi connectivity index (χ0n) is 10.8. The number of carbonyl (C=O) groups is 2. The molecule has 98 valence electrons. The first-order valence-corrected chi connectivity index (χ1v) is 6.22. The maximum Gasteiger partial charge on any atom is 0.335 e. The lowest BCUT2D eigenvalue weighted by Gasteiger charge is -2.16. The second-order valence-electron chi connectivity index (χ2n) is 4.25. The number of hydrogen-bond donors (Lipinski definition) is 2. The summed E-state index contributed by atoms with van der Waals surface area (Å²) < 4.78 is 0. The lowest BCUT2D eigenvalue weighted by atomic mass is 10.1. The first kappa shape index (κ1) is 14.2. The molecule has 0 bridgehead atoms. The van der Waals surface area contributed by atoms with E-state index in [0.717, 1.165) is 19.3 Å². The van der Waals surface area contributed by atoms with Crippen molar-refractivity contribution >= 4 is 11.9 Å². The molecule has 1 aromatic carbocycles. The molecular weight excluding hydrogens is 230 g/mol. The van der Waals surface area contributed by atoms with Gasteiger partial charge in [0.15, 0.2) is 0 Å². The van der Waals surface area contributed by atoms with E-state index < -0.39 is 5.97 Å². The summed E-state index contributed by atoms with van der Waals surface area (Å²) >= 11 is 0. The fourth-order valence-electron chi connectivity index (χ4n) is 1.79. The number of rotatable bonds is 6. The Balaban J connectivity index is 2.77. The molecule has 1 aromatic rings. The van der Waals surface area contributed by atoms with Gasteiger partial charge in [-0.3, -0.25) is 4.79 Å². The predicted molar refractivity (Wildman–Crippen MR) is 69.9 cm³/mol. The van der Waals surface area contributed by atoms with Gasteiger partial charge < -0.3 is 10.4 Å². The Morgan fingerprint density at radius 1 is 1.28 bits per heavy atom. The topological polar surface area (TPSA) is 66.4 Å². The summed E-state index contributed by atoms with van der Waals surface area (Å²) in [5.74, 6) is -1.23. The Labute approximate surface area is 107 Å². The van der Waals surface area contributed by atoms with Gasteiger partial charge in [-0.1, -0.05) is 26.3 Å². The lowest BCUT2D eigenvalue weighted by molar-refractivity contribution is 0.0697. The Morgan fingerprint density at radius 3 is 2.50 bits per heavy atom. The van der Waals surface area contributed by atoms with Crippen LogP contribution in [0.4, 0.5) is 0 Å². The van der Waals surface area contributed by atoms with Crippen LogP contribution in [-0.4, -0.2) is 23.0 Å². The third kappa shape index (κ3) is 3.87. The monoisotopic (exact) mass is 249 g/mol. The summed E-state index contributed by atoms with van der Waals surface area (Å²) in [4.78, 5) is 22.8. The van der Waals surface area contributed by atoms with Crippen LogP contribution in [0.1, 0.15) is 53.8 Å². The summed E-state index contributed by atoms with van der Waals surface area (Å²) in [6, 6.07) is 6.23. The second kappa shape index (κ2) is 6.79. The standard InChI is InChI=1S/C14H19NO3/c1-3-6-12(4-2)15-13(16)10-7-5-8-11(9-10)14(17)18/h5,7-9,12H,3-4,6H2,1-2H3,(H,15,16)(H,17,18). The molecule has 4 nitrogen and oxygen atoms in total. The molecule has 0 aliphatic carbocycles. The molecule has 0 aromatic heterocycles. The van der Waals surface area contributed by atoms with Gasteiger partial charge in [0.05, 0.1) is 5.56 Å². The SMILES string of the molecule is CCCC(CC)NC(=O)c1cccc(C(=O)O)c1. The largest absolute Gasteiger partial charge is 0.478 e. The minimum Gasteiger partial charge on any atom is -0.478 e. The van der Waals surface area contributed by atoms with Crippen molar-refractivity contribution in [2.45, 2.75) is 39.2 Å². The zero-order valence-corrected chi connectivity index (χ0v) is 10.8. The summed E-state index contributed by atoms with van der Waals surface area (Å²) in [5.41, 5.74) is 0.524. The van der Waals surface area contributed by atoms with Crippen molar-refractivity contribution in [1.29, 1.82) is 0 Å². The molecule has 4 heteroatoms. The minimum atomic E-state index is -1.02. The third-order valence-electron chi connectivity index (χ3n) is 2.84. The number of amides is 1. The third-order valence-corrected chi connectivity index (χ3v) is 2.84. The van der Waals surface area contributed by atoms with Gasteiger partial charge in [-0.2, -0.15) is 0 Å². The highest BCUT2D eigenvalue weighted by Crippen LogP contribution is 2.07. The van der Waals surface area contributed by atoms with E-state index in [2.05, 4.69) is 12.2 Å². The van der Waals surface area contributed by atoms with Gasteiger partial charge in [0.2, 0.25) is 0 Å². The van der Waals surface area contributed by atoms with Gasteiger partial charge in [-0.25, -0.2) is 4.79 Å². The molecule has 1 unspecified atom stereocenters. The highest BCUT2D eigenvalue weighted by molar-refractivity contribution is 5.97. The van der Waals surface area contributed by atoms with Crippen LogP contribution in [0.25, 0.3) is 0 Å². The molecule has 0 saturated carbocycles. The molecule has 0 aliphatic rings. The maximum atomic E-state index is 12.0. The highest BCUT2D eigenvalue weighted by Gasteiger charge is 2.13. The molecule has 1 atom stereocenters. The van der Waals surface area contributed by atoms with Crippen molar-refractivity contribution in [3.8, 4) is 0 Å². The zero-order chi connectivity index (χ0) is 13.5. The van der Waals surface area contributed by atoms with E-state index in [0.29, 0.717) is 5.56 Å². The number of carboxylic acid groups (broad SMARTS) is 1. The average Bonchev–Trinajstić information content (AvgIpc) is 2.38. The summed E-state index contributed by atoms with van der Waals surface area (Å²) in [6.07, 6.45) is 2.81. The molecule has 18 heavy (non-hydrogen) atoms. The van der Waals surface area contributed by atoms with E-state index >= 15 is 0 Å². The van der Waals surface area contributed by atoms with E-state index in [-0.39, 0.29) is 17.5 Å². The Kier molecular flexibility index (Phi) is 5.36. The van der Waals surface area contributed by atoms with Crippen LogP contribution in [0.3, 0.4) is 0 Å². The van der Waals surface area contributed by atoms with Crippen LogP contribution in [0, 0.1) is 0 Å². The molecule has 1 amide bonds. The van der Waals surface area contributed by atoms with Crippen LogP contribution >= 0.6 is 0 Å². The van der Waals surface area contributed by atoms with Gasteiger partial charge in [0, 0.05) is 11.6 Å². The number of carboxylic acids is 1. The van der Waals surface area contributed by atoms with Crippen molar-refractivity contribution in [3.05, 3.63) is 35.4 Å². The molecule has 0 spiro atoms. The first-order valence-electron chi connectivity index (χ1n) is 6.22. The Morgan fingerprint density at radius 2 is 1.94 bits per heavy atom. The van der Waals surface area contributed by atoms with Crippen molar-refractivity contribution in [3.63, 3.8) is 0 Å². The molecule has 1 rings (SSSR count). The van der Waals surface area contributed by atoms with E-state index in [1.807, 2.05) is 6.92 Å². The van der Waals surface area contributed by atoms with Gasteiger partial charge in [0.25, 0.3) is 5.91 Å². The fraction of sp³-hybridized carbons (Fsp3) is 0.429. The van der Waals surface area contributed by atoms with E-state index in [1.54, 1.807) is 12.1 Å². The molecule has 0 radical (unpaired) electrons. The van der Waals surface area contributed by atoms with Crippen LogP contribution in [-0.2, 0) is 0 Å². The van der Waals surface area contributed by atoms with E-state index in [9.17, 15) is 9.59 Å². The van der Waals surface area contributed by atoms with Crippen LogP contribution in [0.15, 0.2) is 24.3 Å². The number of nitrogens with one attached hydrogen (secondary N) is 1. The number of benzene rings is 1. The van der Waals surface area contributed by atoms with E-state index in [4.69, 9.17) is 5.11 Å². The van der Waals surface area contributed by atoms with Gasteiger partial charge in [-0.05, 0) is 31.0 Å². The normalized spacial score (nSPS) is 11.9. The number of carbonyl (C=O) groups excluding carboxylic acids is 1. The summed E-state index contributed by atoms with van der Waals surface area (Å²) in [6.45, 7) is 4.09. The quantitative estimate of drug-likeness (QED) is 0.814. The molecule has 0 saturated heterocycles. The maximum absolute atomic E-state index is 12.0. The van der Waals surface area contributed by atoms with E-state index in [1.165, 1.54) is 12.1 Å². The smallest absolute Gasteiger partial charge is 0.335 e. The van der Waals surface area contributed by atoms with Crippen LogP contribution < -0.4 is 5.32 Å². The number of hydrogen-bond acceptors (Lipinski definition) is 2. The minimum absolute atomic E-state index is 0.131. The molecule has 0 heterocycles. The van der Waals surface area contributed by atoms with Gasteiger partial charge in [-0.15, -0.1) is 0 Å². The Hall–Kier alpha value is -1.84. The van der Waals surface area contributed by atoms with Crippen molar-refractivity contribution in [2.75, 3.05) is 0 Å². The molecule has 0 aliphatic heterocycles. The van der Waals surface area contributed by atoms with Crippen LogP contribution in [0.5, 0.6) is 0 Å². The van der Waals surface area contributed by atoms with Gasteiger partial charge >= 0.3 is 5.97 Å². The molecular formula is C14H19NO3.